The molecule has 5 nitrogen and oxygen atoms in total. The lowest BCUT2D eigenvalue weighted by Gasteiger charge is -2.22. The molecule has 0 amide bonds. The smallest absolute Gasteiger partial charge is 0.240 e. The molecule has 0 fully saturated rings. The molecule has 19 heavy (non-hydrogen) atoms. The number of rotatable bonds is 3. The number of benzene rings is 1. The Labute approximate surface area is 113 Å². The Morgan fingerprint density at radius 2 is 1.84 bits per heavy atom. The second-order valence-electron chi connectivity index (χ2n) is 5.50. The summed E-state index contributed by atoms with van der Waals surface area (Å²) in [7, 11) is -3.38. The minimum atomic E-state index is -3.38. The van der Waals surface area contributed by atoms with Gasteiger partial charge < -0.3 is 0 Å². The minimum absolute atomic E-state index is 0.186. The van der Waals surface area contributed by atoms with E-state index in [0.29, 0.717) is 16.9 Å². The lowest BCUT2D eigenvalue weighted by Crippen LogP contribution is -2.15. The molecule has 0 bridgehead atoms. The summed E-state index contributed by atoms with van der Waals surface area (Å²) in [4.78, 5) is 14.1. The fourth-order valence-corrected chi connectivity index (χ4v) is 2.21. The molecule has 0 saturated carbocycles. The number of sulfonamides is 1. The third kappa shape index (κ3) is 4.19. The van der Waals surface area contributed by atoms with E-state index in [-0.39, 0.29) is 5.41 Å². The Hall–Kier alpha value is -1.65. The van der Waals surface area contributed by atoms with Gasteiger partial charge >= 0.3 is 0 Å². The largest absolute Gasteiger partial charge is 0.283 e. The van der Waals surface area contributed by atoms with Gasteiger partial charge in [0.1, 0.15) is 0 Å². The Bertz CT molecular complexity index is 637. The quantitative estimate of drug-likeness (QED) is 0.684. The number of hydrogen-bond donors (Lipinski definition) is 1. The van der Waals surface area contributed by atoms with E-state index in [4.69, 9.17) is 0 Å². The van der Waals surface area contributed by atoms with Crippen LogP contribution in [0.3, 0.4) is 0 Å². The Morgan fingerprint density at radius 3 is 2.26 bits per heavy atom. The van der Waals surface area contributed by atoms with Gasteiger partial charge in [-0.2, -0.15) is 4.99 Å². The van der Waals surface area contributed by atoms with Crippen LogP contribution in [-0.2, 0) is 20.2 Å². The highest BCUT2D eigenvalue weighted by atomic mass is 32.2. The van der Waals surface area contributed by atoms with Crippen molar-refractivity contribution < 1.29 is 13.2 Å². The highest BCUT2D eigenvalue weighted by Gasteiger charge is 2.18. The summed E-state index contributed by atoms with van der Waals surface area (Å²) in [6.07, 6.45) is 2.57. The number of carbonyl (C=O) groups excluding carboxylic acids is 1. The van der Waals surface area contributed by atoms with Crippen LogP contribution in [0.2, 0.25) is 0 Å². The number of nitrogens with one attached hydrogen (secondary N) is 1. The molecule has 0 atom stereocenters. The number of anilines is 1. The van der Waals surface area contributed by atoms with Crippen molar-refractivity contribution in [3.05, 3.63) is 23.3 Å². The fourth-order valence-electron chi connectivity index (χ4n) is 1.60. The second-order valence-corrected chi connectivity index (χ2v) is 7.24. The van der Waals surface area contributed by atoms with Crippen LogP contribution in [0.4, 0.5) is 11.4 Å². The first kappa shape index (κ1) is 15.4. The number of nitrogens with zero attached hydrogens (tertiary/aromatic N) is 1. The van der Waals surface area contributed by atoms with Crippen LogP contribution in [0.5, 0.6) is 0 Å². The third-order valence-corrected chi connectivity index (χ3v) is 3.30. The predicted octanol–water partition coefficient (Wildman–Crippen LogP) is 2.63. The Balaban J connectivity index is 3.53. The maximum absolute atomic E-state index is 11.4. The van der Waals surface area contributed by atoms with E-state index in [2.05, 4.69) is 9.71 Å². The molecule has 0 heterocycles. The van der Waals surface area contributed by atoms with E-state index in [0.717, 1.165) is 11.8 Å². The van der Waals surface area contributed by atoms with Crippen LogP contribution in [0.25, 0.3) is 0 Å². The van der Waals surface area contributed by atoms with E-state index < -0.39 is 10.0 Å². The van der Waals surface area contributed by atoms with Crippen molar-refractivity contribution in [1.29, 1.82) is 0 Å². The molecular weight excluding hydrogens is 264 g/mol. The molecule has 1 aromatic rings. The maximum Gasteiger partial charge on any atom is 0.240 e. The molecule has 0 aromatic heterocycles. The first-order valence-electron chi connectivity index (χ1n) is 5.75. The SMILES string of the molecule is Cc1c(N=C=O)cc(C(C)(C)C)cc1NS(C)(=O)=O. The molecule has 0 aliphatic carbocycles. The van der Waals surface area contributed by atoms with Crippen molar-refractivity contribution in [1.82, 2.24) is 0 Å². The van der Waals surface area contributed by atoms with Crippen molar-refractivity contribution in [2.45, 2.75) is 33.1 Å². The van der Waals surface area contributed by atoms with Gasteiger partial charge in [0.15, 0.2) is 0 Å². The summed E-state index contributed by atoms with van der Waals surface area (Å²) in [5, 5.41) is 0. The first-order chi connectivity index (χ1) is 8.54. The molecule has 1 aromatic carbocycles. The number of hydrogen-bond acceptors (Lipinski definition) is 4. The molecule has 0 unspecified atom stereocenters. The molecule has 6 heteroatoms. The summed E-state index contributed by atoms with van der Waals surface area (Å²) in [5.74, 6) is 0. The van der Waals surface area contributed by atoms with Gasteiger partial charge in [-0.3, -0.25) is 4.72 Å². The highest BCUT2D eigenvalue weighted by Crippen LogP contribution is 2.34. The zero-order valence-corrected chi connectivity index (χ0v) is 12.6. The Kier molecular flexibility index (Phi) is 4.18. The Morgan fingerprint density at radius 1 is 1.26 bits per heavy atom. The zero-order chi connectivity index (χ0) is 14.8. The van der Waals surface area contributed by atoms with E-state index in [1.54, 1.807) is 19.1 Å². The van der Waals surface area contributed by atoms with E-state index >= 15 is 0 Å². The summed E-state index contributed by atoms with van der Waals surface area (Å²) in [6.45, 7) is 7.69. The monoisotopic (exact) mass is 282 g/mol. The van der Waals surface area contributed by atoms with Gasteiger partial charge in [0.25, 0.3) is 0 Å². The second kappa shape index (κ2) is 5.15. The molecule has 1 N–H and O–H groups in total. The lowest BCUT2D eigenvalue weighted by molar-refractivity contribution is 0.565. The van der Waals surface area contributed by atoms with Gasteiger partial charge in [0.2, 0.25) is 16.1 Å². The molecule has 0 radical (unpaired) electrons. The van der Waals surface area contributed by atoms with Crippen LogP contribution in [-0.4, -0.2) is 20.8 Å². The van der Waals surface area contributed by atoms with E-state index in [9.17, 15) is 13.2 Å². The highest BCUT2D eigenvalue weighted by molar-refractivity contribution is 7.92. The normalized spacial score (nSPS) is 11.8. The fraction of sp³-hybridized carbons (Fsp3) is 0.462. The number of isocyanates is 1. The molecule has 0 aliphatic heterocycles. The van der Waals surface area contributed by atoms with Crippen LogP contribution in [0.15, 0.2) is 17.1 Å². The van der Waals surface area contributed by atoms with Crippen molar-refractivity contribution >= 4 is 27.5 Å². The van der Waals surface area contributed by atoms with Gasteiger partial charge in [-0.25, -0.2) is 13.2 Å². The summed E-state index contributed by atoms with van der Waals surface area (Å²) >= 11 is 0. The minimum Gasteiger partial charge on any atom is -0.283 e. The van der Waals surface area contributed by atoms with Crippen molar-refractivity contribution in [3.63, 3.8) is 0 Å². The predicted molar refractivity (Wildman–Crippen MR) is 76.1 cm³/mol. The first-order valence-corrected chi connectivity index (χ1v) is 7.64. The molecular formula is C13H18N2O3S. The average molecular weight is 282 g/mol. The van der Waals surface area contributed by atoms with Crippen LogP contribution >= 0.6 is 0 Å². The van der Waals surface area contributed by atoms with Gasteiger partial charge in [-0.1, -0.05) is 20.8 Å². The average Bonchev–Trinajstić information content (AvgIpc) is 2.20. The van der Waals surface area contributed by atoms with Crippen LogP contribution in [0, 0.1) is 6.92 Å². The van der Waals surface area contributed by atoms with Gasteiger partial charge in [0, 0.05) is 0 Å². The van der Waals surface area contributed by atoms with E-state index in [1.165, 1.54) is 6.08 Å². The van der Waals surface area contributed by atoms with Gasteiger partial charge in [-0.05, 0) is 35.6 Å². The van der Waals surface area contributed by atoms with Crippen LogP contribution in [0.1, 0.15) is 31.9 Å². The summed E-state index contributed by atoms with van der Waals surface area (Å²) in [5.41, 5.74) is 2.16. The maximum atomic E-state index is 11.4. The molecule has 104 valence electrons. The lowest BCUT2D eigenvalue weighted by atomic mass is 9.86. The van der Waals surface area contributed by atoms with Crippen LogP contribution < -0.4 is 4.72 Å². The standard InChI is InChI=1S/C13H18N2O3S/c1-9-11(14-8-16)6-10(13(2,3)4)7-12(9)15-19(5,17)18/h6-7,15H,1-5H3. The van der Waals surface area contributed by atoms with Crippen molar-refractivity contribution in [2.24, 2.45) is 4.99 Å². The third-order valence-electron chi connectivity index (χ3n) is 2.71. The molecule has 0 saturated heterocycles. The molecule has 0 spiro atoms. The molecule has 0 aliphatic rings. The molecule has 1 rings (SSSR count). The summed E-state index contributed by atoms with van der Waals surface area (Å²) in [6, 6.07) is 3.54. The topological polar surface area (TPSA) is 75.6 Å². The number of aliphatic imine (C=N–C) groups is 1. The van der Waals surface area contributed by atoms with Gasteiger partial charge in [-0.15, -0.1) is 0 Å². The van der Waals surface area contributed by atoms with E-state index in [1.807, 2.05) is 20.8 Å². The van der Waals surface area contributed by atoms with Crippen molar-refractivity contribution in [3.8, 4) is 0 Å². The van der Waals surface area contributed by atoms with Crippen molar-refractivity contribution in [2.75, 3.05) is 11.0 Å². The zero-order valence-electron chi connectivity index (χ0n) is 11.7. The van der Waals surface area contributed by atoms with Gasteiger partial charge in [0.05, 0.1) is 17.6 Å². The summed E-state index contributed by atoms with van der Waals surface area (Å²) < 4.78 is 25.2.